The maximum absolute atomic E-state index is 10.3. The van der Waals surface area contributed by atoms with Crippen LogP contribution < -0.4 is 0 Å². The first kappa shape index (κ1) is 13.8. The molecular weight excluding hydrogens is 252 g/mol. The van der Waals surface area contributed by atoms with Crippen LogP contribution in [0, 0.1) is 5.92 Å². The molecule has 1 aromatic rings. The summed E-state index contributed by atoms with van der Waals surface area (Å²) in [5.74, 6) is 0.171. The lowest BCUT2D eigenvalue weighted by atomic mass is 9.83. The summed E-state index contributed by atoms with van der Waals surface area (Å²) in [5, 5.41) is 25.2. The molecular formula is C13H21ClN2O2. The Kier molecular flexibility index (Phi) is 4.65. The van der Waals surface area contributed by atoms with E-state index in [4.69, 9.17) is 11.6 Å². The summed E-state index contributed by atoms with van der Waals surface area (Å²) in [7, 11) is 0. The third-order valence-electron chi connectivity index (χ3n) is 3.87. The number of rotatable bonds is 4. The third kappa shape index (κ3) is 2.71. The van der Waals surface area contributed by atoms with Crippen LogP contribution in [0.3, 0.4) is 0 Å². The number of halogens is 1. The van der Waals surface area contributed by atoms with Crippen molar-refractivity contribution in [2.45, 2.75) is 57.8 Å². The molecule has 0 saturated heterocycles. The number of hydrogen-bond donors (Lipinski definition) is 2. The number of nitrogens with zero attached hydrogens (tertiary/aromatic N) is 2. The Labute approximate surface area is 113 Å². The largest absolute Gasteiger partial charge is 0.390 e. The van der Waals surface area contributed by atoms with Crippen molar-refractivity contribution in [2.24, 2.45) is 5.92 Å². The Morgan fingerprint density at radius 3 is 2.67 bits per heavy atom. The van der Waals surface area contributed by atoms with Crippen LogP contribution >= 0.6 is 11.6 Å². The standard InChI is InChI=1S/C13H21ClN2O2/c1-2-16-11(10(14)8-15-16)13(18)12(17)9-6-4-3-5-7-9/h8-9,12-13,17-18H,2-7H2,1H3. The second-order valence-corrected chi connectivity index (χ2v) is 5.43. The van der Waals surface area contributed by atoms with Crippen LogP contribution in [0.4, 0.5) is 0 Å². The van der Waals surface area contributed by atoms with Crippen LogP contribution in [0.5, 0.6) is 0 Å². The topological polar surface area (TPSA) is 58.3 Å². The van der Waals surface area contributed by atoms with Crippen molar-refractivity contribution in [1.29, 1.82) is 0 Å². The van der Waals surface area contributed by atoms with E-state index >= 15 is 0 Å². The van der Waals surface area contributed by atoms with E-state index in [1.54, 1.807) is 4.68 Å². The monoisotopic (exact) mass is 272 g/mol. The number of aryl methyl sites for hydroxylation is 1. The van der Waals surface area contributed by atoms with E-state index in [-0.39, 0.29) is 5.92 Å². The van der Waals surface area contributed by atoms with Gasteiger partial charge in [0.15, 0.2) is 0 Å². The fourth-order valence-corrected chi connectivity index (χ4v) is 3.07. The van der Waals surface area contributed by atoms with Gasteiger partial charge in [-0.15, -0.1) is 0 Å². The van der Waals surface area contributed by atoms with E-state index in [0.717, 1.165) is 25.7 Å². The molecule has 0 aromatic carbocycles. The first-order valence-corrected chi connectivity index (χ1v) is 7.10. The minimum absolute atomic E-state index is 0.171. The van der Waals surface area contributed by atoms with Crippen LogP contribution in [0.15, 0.2) is 6.20 Å². The van der Waals surface area contributed by atoms with Crippen LogP contribution in [0.25, 0.3) is 0 Å². The van der Waals surface area contributed by atoms with Crippen molar-refractivity contribution >= 4 is 11.6 Å². The smallest absolute Gasteiger partial charge is 0.123 e. The molecule has 18 heavy (non-hydrogen) atoms. The van der Waals surface area contributed by atoms with Gasteiger partial charge in [-0.25, -0.2) is 0 Å². The maximum atomic E-state index is 10.3. The third-order valence-corrected chi connectivity index (χ3v) is 4.16. The molecule has 0 bridgehead atoms. The minimum atomic E-state index is -0.942. The fraction of sp³-hybridized carbons (Fsp3) is 0.769. The van der Waals surface area contributed by atoms with Crippen molar-refractivity contribution in [3.63, 3.8) is 0 Å². The van der Waals surface area contributed by atoms with Gasteiger partial charge in [-0.2, -0.15) is 5.10 Å². The van der Waals surface area contributed by atoms with Crippen molar-refractivity contribution in [3.05, 3.63) is 16.9 Å². The van der Waals surface area contributed by atoms with Gasteiger partial charge in [0.1, 0.15) is 6.10 Å². The number of aliphatic hydroxyl groups is 2. The quantitative estimate of drug-likeness (QED) is 0.886. The van der Waals surface area contributed by atoms with Gasteiger partial charge >= 0.3 is 0 Å². The molecule has 1 saturated carbocycles. The summed E-state index contributed by atoms with van der Waals surface area (Å²) in [5.41, 5.74) is 0.539. The van der Waals surface area contributed by atoms with Crippen molar-refractivity contribution in [3.8, 4) is 0 Å². The molecule has 0 radical (unpaired) electrons. The zero-order chi connectivity index (χ0) is 13.1. The highest BCUT2D eigenvalue weighted by Gasteiger charge is 2.31. The van der Waals surface area contributed by atoms with E-state index in [1.165, 1.54) is 12.6 Å². The van der Waals surface area contributed by atoms with Crippen LogP contribution in [0.2, 0.25) is 5.02 Å². The van der Waals surface area contributed by atoms with E-state index in [1.807, 2.05) is 6.92 Å². The lowest BCUT2D eigenvalue weighted by molar-refractivity contribution is -0.0324. The summed E-state index contributed by atoms with van der Waals surface area (Å²) < 4.78 is 1.65. The molecule has 1 heterocycles. The van der Waals surface area contributed by atoms with Crippen LogP contribution in [-0.2, 0) is 6.54 Å². The van der Waals surface area contributed by atoms with Crippen molar-refractivity contribution in [1.82, 2.24) is 9.78 Å². The molecule has 0 amide bonds. The SMILES string of the molecule is CCn1ncc(Cl)c1C(O)C(O)C1CCCCC1. The second-order valence-electron chi connectivity index (χ2n) is 5.03. The molecule has 2 unspecified atom stereocenters. The molecule has 2 atom stereocenters. The Hall–Kier alpha value is -0.580. The summed E-state index contributed by atoms with van der Waals surface area (Å²) in [4.78, 5) is 0. The van der Waals surface area contributed by atoms with Gasteiger partial charge in [-0.1, -0.05) is 30.9 Å². The van der Waals surface area contributed by atoms with E-state index < -0.39 is 12.2 Å². The maximum Gasteiger partial charge on any atom is 0.123 e. The lowest BCUT2D eigenvalue weighted by Crippen LogP contribution is -2.30. The molecule has 102 valence electrons. The average molecular weight is 273 g/mol. The Morgan fingerprint density at radius 1 is 1.39 bits per heavy atom. The molecule has 0 aliphatic heterocycles. The van der Waals surface area contributed by atoms with Crippen molar-refractivity contribution < 1.29 is 10.2 Å². The zero-order valence-electron chi connectivity index (χ0n) is 10.7. The average Bonchev–Trinajstić information content (AvgIpc) is 2.79. The Morgan fingerprint density at radius 2 is 2.06 bits per heavy atom. The number of hydrogen-bond acceptors (Lipinski definition) is 3. The van der Waals surface area contributed by atoms with E-state index in [9.17, 15) is 10.2 Å². The van der Waals surface area contributed by atoms with E-state index in [0.29, 0.717) is 17.3 Å². The predicted molar refractivity (Wildman–Crippen MR) is 70.5 cm³/mol. The molecule has 1 aromatic heterocycles. The van der Waals surface area contributed by atoms with Gasteiger partial charge in [0.05, 0.1) is 23.0 Å². The molecule has 0 spiro atoms. The minimum Gasteiger partial charge on any atom is -0.390 e. The Bertz CT molecular complexity index is 388. The van der Waals surface area contributed by atoms with Gasteiger partial charge in [0, 0.05) is 6.54 Å². The second kappa shape index (κ2) is 6.04. The number of aromatic nitrogens is 2. The molecule has 4 nitrogen and oxygen atoms in total. The van der Waals surface area contributed by atoms with Gasteiger partial charge in [-0.05, 0) is 25.7 Å². The number of aliphatic hydroxyl groups excluding tert-OH is 2. The highest BCUT2D eigenvalue weighted by atomic mass is 35.5. The normalized spacial score (nSPS) is 20.9. The van der Waals surface area contributed by atoms with Gasteiger partial charge in [0.25, 0.3) is 0 Å². The Balaban J connectivity index is 2.13. The van der Waals surface area contributed by atoms with Crippen LogP contribution in [0.1, 0.15) is 50.8 Å². The summed E-state index contributed by atoms with van der Waals surface area (Å²) in [6.45, 7) is 2.57. The highest BCUT2D eigenvalue weighted by molar-refractivity contribution is 6.31. The molecule has 1 fully saturated rings. The molecule has 1 aliphatic carbocycles. The van der Waals surface area contributed by atoms with Gasteiger partial charge < -0.3 is 10.2 Å². The fourth-order valence-electron chi connectivity index (χ4n) is 2.81. The molecule has 5 heteroatoms. The van der Waals surface area contributed by atoms with Gasteiger partial charge in [0.2, 0.25) is 0 Å². The molecule has 2 rings (SSSR count). The van der Waals surface area contributed by atoms with E-state index in [2.05, 4.69) is 5.10 Å². The highest BCUT2D eigenvalue weighted by Crippen LogP contribution is 2.34. The summed E-state index contributed by atoms with van der Waals surface area (Å²) >= 11 is 6.05. The first-order valence-electron chi connectivity index (χ1n) is 6.72. The summed E-state index contributed by atoms with van der Waals surface area (Å²) in [6, 6.07) is 0. The molecule has 2 N–H and O–H groups in total. The zero-order valence-corrected chi connectivity index (χ0v) is 11.5. The first-order chi connectivity index (χ1) is 8.65. The lowest BCUT2D eigenvalue weighted by Gasteiger charge is -2.30. The summed E-state index contributed by atoms with van der Waals surface area (Å²) in [6.07, 6.45) is 5.30. The predicted octanol–water partition coefficient (Wildman–Crippen LogP) is 2.53. The molecule has 1 aliphatic rings. The van der Waals surface area contributed by atoms with Crippen LogP contribution in [-0.4, -0.2) is 26.1 Å². The van der Waals surface area contributed by atoms with Crippen molar-refractivity contribution in [2.75, 3.05) is 0 Å². The van der Waals surface area contributed by atoms with Gasteiger partial charge in [-0.3, -0.25) is 4.68 Å².